The number of anilines is 1. The van der Waals surface area contributed by atoms with E-state index in [0.717, 1.165) is 25.2 Å². The minimum Gasteiger partial charge on any atom is -0.468 e. The number of aryl methyl sites for hydroxylation is 1. The lowest BCUT2D eigenvalue weighted by Crippen LogP contribution is -2.52. The first-order valence-corrected chi connectivity index (χ1v) is 7.54. The first-order chi connectivity index (χ1) is 9.92. The van der Waals surface area contributed by atoms with Crippen molar-refractivity contribution < 1.29 is 9.53 Å². The number of methoxy groups -OCH3 is 1. The Morgan fingerprint density at radius 3 is 2.71 bits per heavy atom. The van der Waals surface area contributed by atoms with E-state index in [1.54, 1.807) is 0 Å². The zero-order valence-electron chi connectivity index (χ0n) is 13.9. The van der Waals surface area contributed by atoms with Crippen molar-refractivity contribution in [3.05, 3.63) is 29.8 Å². The van der Waals surface area contributed by atoms with Gasteiger partial charge in [0.05, 0.1) is 7.11 Å². The number of nitrogens with one attached hydrogen (secondary N) is 1. The lowest BCUT2D eigenvalue weighted by molar-refractivity contribution is -0.148. The monoisotopic (exact) mass is 292 g/mol. The van der Waals surface area contributed by atoms with Crippen LogP contribution in [0.2, 0.25) is 0 Å². The third-order valence-electron chi connectivity index (χ3n) is 3.79. The fourth-order valence-electron chi connectivity index (χ4n) is 2.27. The molecule has 0 saturated heterocycles. The van der Waals surface area contributed by atoms with Crippen molar-refractivity contribution in [2.24, 2.45) is 0 Å². The zero-order valence-corrected chi connectivity index (χ0v) is 13.9. The van der Waals surface area contributed by atoms with Gasteiger partial charge in [0.25, 0.3) is 0 Å². The third-order valence-corrected chi connectivity index (χ3v) is 3.79. The summed E-state index contributed by atoms with van der Waals surface area (Å²) in [6, 6.07) is 8.37. The maximum atomic E-state index is 12.0. The summed E-state index contributed by atoms with van der Waals surface area (Å²) in [7, 11) is 3.49. The number of carbonyl (C=O) groups excluding carboxylic acids is 1. The summed E-state index contributed by atoms with van der Waals surface area (Å²) in [5.41, 5.74) is 1.76. The number of benzene rings is 1. The highest BCUT2D eigenvalue weighted by Crippen LogP contribution is 2.18. The molecule has 21 heavy (non-hydrogen) atoms. The Morgan fingerprint density at radius 2 is 2.14 bits per heavy atom. The van der Waals surface area contributed by atoms with Crippen LogP contribution in [-0.2, 0) is 9.53 Å². The maximum absolute atomic E-state index is 12.0. The van der Waals surface area contributed by atoms with Crippen molar-refractivity contribution in [3.63, 3.8) is 0 Å². The largest absolute Gasteiger partial charge is 0.468 e. The second-order valence-electron chi connectivity index (χ2n) is 5.76. The fraction of sp³-hybridized carbons (Fsp3) is 0.588. The topological polar surface area (TPSA) is 41.6 Å². The lowest BCUT2D eigenvalue weighted by Gasteiger charge is -2.30. The molecule has 1 aromatic carbocycles. The first kappa shape index (κ1) is 17.5. The SMILES string of the molecule is CCCNC(C)(CCN(C)c1cccc(C)c1)C(=O)OC. The van der Waals surface area contributed by atoms with Crippen molar-refractivity contribution in [1.29, 1.82) is 0 Å². The van der Waals surface area contributed by atoms with Gasteiger partial charge in [-0.2, -0.15) is 0 Å². The molecular weight excluding hydrogens is 264 g/mol. The van der Waals surface area contributed by atoms with Crippen molar-refractivity contribution in [2.45, 2.75) is 39.2 Å². The predicted molar refractivity (Wildman–Crippen MR) is 87.8 cm³/mol. The van der Waals surface area contributed by atoms with E-state index in [0.29, 0.717) is 6.42 Å². The average molecular weight is 292 g/mol. The Kier molecular flexibility index (Phi) is 6.69. The van der Waals surface area contributed by atoms with E-state index in [2.05, 4.69) is 48.3 Å². The molecule has 0 saturated carbocycles. The summed E-state index contributed by atoms with van der Waals surface area (Å²) in [5, 5.41) is 3.31. The Hall–Kier alpha value is -1.55. The molecule has 0 heterocycles. The van der Waals surface area contributed by atoms with Crippen LogP contribution in [0.5, 0.6) is 0 Å². The van der Waals surface area contributed by atoms with Crippen molar-refractivity contribution >= 4 is 11.7 Å². The third kappa shape index (κ3) is 5.05. The van der Waals surface area contributed by atoms with Crippen LogP contribution in [0.3, 0.4) is 0 Å². The number of hydrogen-bond acceptors (Lipinski definition) is 4. The number of ether oxygens (including phenoxy) is 1. The summed E-state index contributed by atoms with van der Waals surface area (Å²) in [6.45, 7) is 7.67. The summed E-state index contributed by atoms with van der Waals surface area (Å²) >= 11 is 0. The van der Waals surface area contributed by atoms with E-state index in [4.69, 9.17) is 4.74 Å². The number of hydrogen-bond donors (Lipinski definition) is 1. The van der Waals surface area contributed by atoms with Crippen molar-refractivity contribution in [3.8, 4) is 0 Å². The van der Waals surface area contributed by atoms with Crippen LogP contribution < -0.4 is 10.2 Å². The molecule has 0 fully saturated rings. The van der Waals surface area contributed by atoms with Gasteiger partial charge in [-0.05, 0) is 50.9 Å². The molecule has 0 radical (unpaired) electrons. The summed E-state index contributed by atoms with van der Waals surface area (Å²) in [4.78, 5) is 14.2. The highest BCUT2D eigenvalue weighted by atomic mass is 16.5. The molecule has 0 bridgehead atoms. The Labute approximate surface area is 128 Å². The standard InChI is InChI=1S/C17H28N2O2/c1-6-11-18-17(3,16(20)21-5)10-12-19(4)15-9-7-8-14(2)13-15/h7-9,13,18H,6,10-12H2,1-5H3. The van der Waals surface area contributed by atoms with Crippen LogP contribution in [0.15, 0.2) is 24.3 Å². The van der Waals surface area contributed by atoms with Gasteiger partial charge in [-0.15, -0.1) is 0 Å². The molecule has 0 aliphatic rings. The van der Waals surface area contributed by atoms with Gasteiger partial charge in [-0.1, -0.05) is 19.1 Å². The van der Waals surface area contributed by atoms with Crippen LogP contribution >= 0.6 is 0 Å². The van der Waals surface area contributed by atoms with Crippen LogP contribution in [0.4, 0.5) is 5.69 Å². The van der Waals surface area contributed by atoms with E-state index < -0.39 is 5.54 Å². The molecule has 0 aliphatic heterocycles. The van der Waals surface area contributed by atoms with E-state index in [1.807, 2.05) is 14.0 Å². The van der Waals surface area contributed by atoms with E-state index in [1.165, 1.54) is 12.7 Å². The van der Waals surface area contributed by atoms with Gasteiger partial charge in [0.15, 0.2) is 0 Å². The predicted octanol–water partition coefficient (Wildman–Crippen LogP) is 2.75. The van der Waals surface area contributed by atoms with E-state index in [9.17, 15) is 4.79 Å². The molecule has 0 amide bonds. The molecule has 1 aromatic rings. The first-order valence-electron chi connectivity index (χ1n) is 7.54. The Balaban J connectivity index is 2.69. The molecule has 0 aromatic heterocycles. The molecule has 118 valence electrons. The Bertz CT molecular complexity index is 462. The molecule has 1 N–H and O–H groups in total. The molecular formula is C17H28N2O2. The van der Waals surface area contributed by atoms with Crippen LogP contribution in [-0.4, -0.2) is 38.8 Å². The van der Waals surface area contributed by atoms with Crippen LogP contribution in [0, 0.1) is 6.92 Å². The summed E-state index contributed by atoms with van der Waals surface area (Å²) in [6.07, 6.45) is 1.68. The lowest BCUT2D eigenvalue weighted by atomic mass is 9.97. The minimum atomic E-state index is -0.636. The van der Waals surface area contributed by atoms with Gasteiger partial charge < -0.3 is 15.0 Å². The van der Waals surface area contributed by atoms with E-state index in [-0.39, 0.29) is 5.97 Å². The van der Waals surface area contributed by atoms with Gasteiger partial charge in [0, 0.05) is 19.3 Å². The number of esters is 1. The maximum Gasteiger partial charge on any atom is 0.325 e. The van der Waals surface area contributed by atoms with Crippen LogP contribution in [0.25, 0.3) is 0 Å². The summed E-state index contributed by atoms with van der Waals surface area (Å²) < 4.78 is 4.95. The molecule has 1 rings (SSSR count). The van der Waals surface area contributed by atoms with Crippen molar-refractivity contribution in [1.82, 2.24) is 5.32 Å². The zero-order chi connectivity index (χ0) is 15.9. The van der Waals surface area contributed by atoms with Gasteiger partial charge in [0.2, 0.25) is 0 Å². The van der Waals surface area contributed by atoms with Gasteiger partial charge in [-0.25, -0.2) is 0 Å². The van der Waals surface area contributed by atoms with E-state index >= 15 is 0 Å². The Morgan fingerprint density at radius 1 is 1.43 bits per heavy atom. The molecule has 1 unspecified atom stereocenters. The number of carbonyl (C=O) groups is 1. The molecule has 0 aliphatic carbocycles. The second-order valence-corrected chi connectivity index (χ2v) is 5.76. The van der Waals surface area contributed by atoms with Gasteiger partial charge in [0.1, 0.15) is 5.54 Å². The molecule has 4 nitrogen and oxygen atoms in total. The van der Waals surface area contributed by atoms with Crippen molar-refractivity contribution in [2.75, 3.05) is 32.1 Å². The normalized spacial score (nSPS) is 13.6. The molecule has 4 heteroatoms. The van der Waals surface area contributed by atoms with Gasteiger partial charge >= 0.3 is 5.97 Å². The molecule has 0 spiro atoms. The van der Waals surface area contributed by atoms with Gasteiger partial charge in [-0.3, -0.25) is 4.79 Å². The van der Waals surface area contributed by atoms with Crippen LogP contribution in [0.1, 0.15) is 32.3 Å². The summed E-state index contributed by atoms with van der Waals surface area (Å²) in [5.74, 6) is -0.200. The highest BCUT2D eigenvalue weighted by molar-refractivity contribution is 5.80. The highest BCUT2D eigenvalue weighted by Gasteiger charge is 2.33. The number of nitrogens with zero attached hydrogens (tertiary/aromatic N) is 1. The quantitative estimate of drug-likeness (QED) is 0.748. The minimum absolute atomic E-state index is 0.200. The smallest absolute Gasteiger partial charge is 0.325 e. The fourth-order valence-corrected chi connectivity index (χ4v) is 2.27. The second kappa shape index (κ2) is 8.03. The average Bonchev–Trinajstić information content (AvgIpc) is 2.49. The molecule has 1 atom stereocenters. The number of rotatable bonds is 8.